The van der Waals surface area contributed by atoms with Crippen molar-refractivity contribution in [2.75, 3.05) is 10.2 Å². The number of carboxylic acid groups (broad SMARTS) is 1. The van der Waals surface area contributed by atoms with Gasteiger partial charge >= 0.3 is 18.1 Å². The van der Waals surface area contributed by atoms with Crippen LogP contribution < -0.4 is 21.1 Å². The van der Waals surface area contributed by atoms with Gasteiger partial charge in [-0.1, -0.05) is 13.8 Å². The number of rotatable bonds is 11. The molecule has 1 unspecified atom stereocenters. The molecule has 3 aromatic rings. The lowest BCUT2D eigenvalue weighted by molar-refractivity contribution is -0.170. The van der Waals surface area contributed by atoms with E-state index in [0.29, 0.717) is 4.90 Å². The van der Waals surface area contributed by atoms with Crippen LogP contribution in [0.3, 0.4) is 0 Å². The van der Waals surface area contributed by atoms with Crippen LogP contribution in [0.5, 0.6) is 0 Å². The van der Waals surface area contributed by atoms with E-state index in [2.05, 4.69) is 30.6 Å². The van der Waals surface area contributed by atoms with Crippen LogP contribution >= 0.6 is 0 Å². The standard InChI is InChI=1S/C25H28F3N7O6/c1-12(2)20(38)33-24-32-19-18(22(40)34-24)31-15(10-29-19)11-35(23(41)25(26,27)28)16-7-5-14(6-8-16)21(39)30-13(3)4-9-17(36)37/h5-8,10,12-13,20,38H,4,9,11H2,1-3H3,(H,30,39)(H,36,37)(H2,29,32,33,34,40)/t13-,20?/m1/s1. The summed E-state index contributed by atoms with van der Waals surface area (Å²) in [6, 6.07) is 4.23. The molecule has 2 atom stereocenters. The summed E-state index contributed by atoms with van der Waals surface area (Å²) in [5.74, 6) is -4.11. The fraction of sp³-hybridized carbons (Fsp3) is 0.400. The highest BCUT2D eigenvalue weighted by Gasteiger charge is 2.43. The Morgan fingerprint density at radius 2 is 1.76 bits per heavy atom. The number of aliphatic carboxylic acids is 1. The monoisotopic (exact) mass is 579 g/mol. The summed E-state index contributed by atoms with van der Waals surface area (Å²) < 4.78 is 40.4. The van der Waals surface area contributed by atoms with Gasteiger partial charge in [-0.15, -0.1) is 0 Å². The number of H-pyrrole nitrogens is 1. The Kier molecular flexibility index (Phi) is 9.59. The number of hydrogen-bond acceptors (Lipinski definition) is 9. The van der Waals surface area contributed by atoms with E-state index in [9.17, 15) is 37.5 Å². The summed E-state index contributed by atoms with van der Waals surface area (Å²) in [7, 11) is 0. The molecule has 0 radical (unpaired) electrons. The average Bonchev–Trinajstić information content (AvgIpc) is 2.90. The Hall–Kier alpha value is -4.60. The van der Waals surface area contributed by atoms with Crippen LogP contribution in [0.1, 0.15) is 49.7 Å². The molecule has 2 heterocycles. The van der Waals surface area contributed by atoms with Crippen molar-refractivity contribution in [3.63, 3.8) is 0 Å². The molecule has 16 heteroatoms. The first-order chi connectivity index (χ1) is 19.1. The van der Waals surface area contributed by atoms with Gasteiger partial charge in [-0.05, 0) is 43.5 Å². The fourth-order valence-electron chi connectivity index (χ4n) is 3.51. The minimum atomic E-state index is -5.25. The van der Waals surface area contributed by atoms with Gasteiger partial charge in [0, 0.05) is 23.7 Å². The highest BCUT2D eigenvalue weighted by Crippen LogP contribution is 2.26. The molecular weight excluding hydrogens is 551 g/mol. The van der Waals surface area contributed by atoms with Gasteiger partial charge in [0.2, 0.25) is 5.95 Å². The first-order valence-corrected chi connectivity index (χ1v) is 12.4. The smallest absolute Gasteiger partial charge is 0.471 e. The molecule has 2 amide bonds. The number of halogens is 3. The van der Waals surface area contributed by atoms with Gasteiger partial charge in [0.05, 0.1) is 18.4 Å². The molecule has 1 aromatic carbocycles. The molecule has 0 spiro atoms. The zero-order valence-corrected chi connectivity index (χ0v) is 22.2. The summed E-state index contributed by atoms with van der Waals surface area (Å²) in [5.41, 5.74) is -1.50. The van der Waals surface area contributed by atoms with Crippen molar-refractivity contribution in [3.8, 4) is 0 Å². The molecule has 41 heavy (non-hydrogen) atoms. The third kappa shape index (κ3) is 8.20. The lowest BCUT2D eigenvalue weighted by Gasteiger charge is -2.24. The lowest BCUT2D eigenvalue weighted by atomic mass is 10.1. The number of hydrogen-bond donors (Lipinski definition) is 5. The van der Waals surface area contributed by atoms with Gasteiger partial charge in [-0.3, -0.25) is 29.1 Å². The lowest BCUT2D eigenvalue weighted by Crippen LogP contribution is -2.41. The van der Waals surface area contributed by atoms with Gasteiger partial charge in [-0.2, -0.15) is 18.2 Å². The molecule has 0 bridgehead atoms. The molecule has 0 fully saturated rings. The quantitative estimate of drug-likeness (QED) is 0.210. The fourth-order valence-corrected chi connectivity index (χ4v) is 3.51. The zero-order valence-electron chi connectivity index (χ0n) is 22.2. The molecule has 0 saturated carbocycles. The molecule has 13 nitrogen and oxygen atoms in total. The maximum atomic E-state index is 13.5. The van der Waals surface area contributed by atoms with Crippen LogP contribution in [0.15, 0.2) is 35.3 Å². The van der Waals surface area contributed by atoms with E-state index in [-0.39, 0.29) is 52.8 Å². The number of aliphatic hydroxyl groups excluding tert-OH is 1. The largest absolute Gasteiger partial charge is 0.481 e. The Morgan fingerprint density at radius 3 is 2.34 bits per heavy atom. The van der Waals surface area contributed by atoms with Crippen molar-refractivity contribution in [1.29, 1.82) is 0 Å². The Balaban J connectivity index is 1.86. The molecule has 220 valence electrons. The van der Waals surface area contributed by atoms with Gasteiger partial charge < -0.3 is 20.8 Å². The number of carboxylic acids is 1. The third-order valence-corrected chi connectivity index (χ3v) is 5.80. The van der Waals surface area contributed by atoms with E-state index >= 15 is 0 Å². The van der Waals surface area contributed by atoms with Gasteiger partial charge in [-0.25, -0.2) is 9.97 Å². The third-order valence-electron chi connectivity index (χ3n) is 5.80. The zero-order chi connectivity index (χ0) is 30.5. The number of carbonyl (C=O) groups is 3. The molecule has 3 rings (SSSR count). The minimum absolute atomic E-state index is 0.0745. The predicted octanol–water partition coefficient (Wildman–Crippen LogP) is 2.18. The van der Waals surface area contributed by atoms with E-state index in [1.807, 2.05) is 0 Å². The maximum Gasteiger partial charge on any atom is 0.471 e. The van der Waals surface area contributed by atoms with Crippen molar-refractivity contribution >= 4 is 40.6 Å². The van der Waals surface area contributed by atoms with Crippen molar-refractivity contribution in [1.82, 2.24) is 25.3 Å². The van der Waals surface area contributed by atoms with Gasteiger partial charge in [0.25, 0.3) is 11.5 Å². The number of nitrogens with one attached hydrogen (secondary N) is 3. The number of carbonyl (C=O) groups excluding carboxylic acids is 2. The molecule has 0 aliphatic heterocycles. The van der Waals surface area contributed by atoms with Crippen LogP contribution in [-0.2, 0) is 16.1 Å². The number of alkyl halides is 3. The molecular formula is C25H28F3N7O6. The number of amides is 2. The van der Waals surface area contributed by atoms with Crippen LogP contribution in [0.25, 0.3) is 11.2 Å². The highest BCUT2D eigenvalue weighted by molar-refractivity contribution is 5.98. The first-order valence-electron chi connectivity index (χ1n) is 12.4. The SMILES string of the molecule is CC(C)C(O)Nc1nc2ncc(CN(C(=O)C(F)(F)F)c3ccc(C(=O)N[C@H](C)CCC(=O)O)cc3)nc2c(=O)[nH]1. The second-order valence-corrected chi connectivity index (χ2v) is 9.52. The predicted molar refractivity (Wildman–Crippen MR) is 140 cm³/mol. The summed E-state index contributed by atoms with van der Waals surface area (Å²) in [4.78, 5) is 62.8. The minimum Gasteiger partial charge on any atom is -0.481 e. The number of fused-ring (bicyclic) bond motifs is 1. The molecule has 0 aliphatic carbocycles. The van der Waals surface area contributed by atoms with Crippen LogP contribution in [0.2, 0.25) is 0 Å². The number of benzene rings is 1. The molecule has 0 saturated heterocycles. The average molecular weight is 580 g/mol. The molecule has 5 N–H and O–H groups in total. The normalized spacial score (nSPS) is 13.1. The van der Waals surface area contributed by atoms with E-state index in [0.717, 1.165) is 18.3 Å². The van der Waals surface area contributed by atoms with Crippen LogP contribution in [0, 0.1) is 5.92 Å². The van der Waals surface area contributed by atoms with Crippen LogP contribution in [0.4, 0.5) is 24.8 Å². The van der Waals surface area contributed by atoms with Crippen molar-refractivity contribution in [2.45, 2.75) is 58.6 Å². The topological polar surface area (TPSA) is 190 Å². The van der Waals surface area contributed by atoms with E-state index < -0.39 is 48.3 Å². The van der Waals surface area contributed by atoms with Crippen LogP contribution in [-0.4, -0.2) is 66.4 Å². The Morgan fingerprint density at radius 1 is 1.10 bits per heavy atom. The summed E-state index contributed by atoms with van der Waals surface area (Å²) >= 11 is 0. The van der Waals surface area contributed by atoms with Crippen molar-refractivity contribution in [3.05, 3.63) is 52.1 Å². The number of aromatic nitrogens is 4. The van der Waals surface area contributed by atoms with Gasteiger partial charge in [0.15, 0.2) is 11.2 Å². The van der Waals surface area contributed by atoms with E-state index in [4.69, 9.17) is 5.11 Å². The molecule has 2 aromatic heterocycles. The number of aliphatic hydroxyl groups is 1. The number of anilines is 2. The van der Waals surface area contributed by atoms with E-state index in [1.54, 1.807) is 20.8 Å². The Labute approximate surface area is 230 Å². The molecule has 0 aliphatic rings. The van der Waals surface area contributed by atoms with Crippen molar-refractivity contribution in [2.24, 2.45) is 5.92 Å². The second-order valence-electron chi connectivity index (χ2n) is 9.52. The summed E-state index contributed by atoms with van der Waals surface area (Å²) in [6.07, 6.45) is -5.20. The Bertz CT molecular complexity index is 1480. The van der Waals surface area contributed by atoms with Gasteiger partial charge in [0.1, 0.15) is 6.23 Å². The summed E-state index contributed by atoms with van der Waals surface area (Å²) in [5, 5.41) is 23.9. The van der Waals surface area contributed by atoms with E-state index in [1.165, 1.54) is 12.1 Å². The second kappa shape index (κ2) is 12.7. The summed E-state index contributed by atoms with van der Waals surface area (Å²) in [6.45, 7) is 4.34. The maximum absolute atomic E-state index is 13.5. The first kappa shape index (κ1) is 30.9. The number of aromatic amines is 1. The number of nitrogens with zero attached hydrogens (tertiary/aromatic N) is 4. The van der Waals surface area contributed by atoms with Crippen molar-refractivity contribution < 1.29 is 37.8 Å². The highest BCUT2D eigenvalue weighted by atomic mass is 19.4.